The largest absolute Gasteiger partial charge is 0.477 e. The van der Waals surface area contributed by atoms with Gasteiger partial charge in [-0.25, -0.2) is 14.4 Å². The highest BCUT2D eigenvalue weighted by Gasteiger charge is 2.39. The van der Waals surface area contributed by atoms with Crippen molar-refractivity contribution >= 4 is 23.5 Å². The van der Waals surface area contributed by atoms with Gasteiger partial charge in [-0.05, 0) is 31.0 Å². The number of benzene rings is 1. The van der Waals surface area contributed by atoms with E-state index in [1.807, 2.05) is 4.90 Å². The molecule has 4 heterocycles. The third-order valence-electron chi connectivity index (χ3n) is 5.96. The number of aromatic nitrogens is 4. The predicted octanol–water partition coefficient (Wildman–Crippen LogP) is 3.28. The molecule has 0 unspecified atom stereocenters. The standard InChI is InChI=1S/C22H22ClFN6O3/c1-13-27-28-20(32-13)14-2-3-18(17(24)10-14)33-19-6-9-30(21(19)31)16-4-7-29(8-5-16)22-25-11-15(23)12-26-22/h2-3,10-12,16,19H,4-9H2,1H3/t19-/m0/s1. The van der Waals surface area contributed by atoms with Crippen molar-refractivity contribution in [2.75, 3.05) is 24.5 Å². The van der Waals surface area contributed by atoms with E-state index in [2.05, 4.69) is 25.1 Å². The number of piperidine rings is 1. The van der Waals surface area contributed by atoms with E-state index in [0.29, 0.717) is 35.4 Å². The van der Waals surface area contributed by atoms with Gasteiger partial charge in [-0.2, -0.15) is 0 Å². The average molecular weight is 473 g/mol. The second-order valence-corrected chi connectivity index (χ2v) is 8.55. The molecule has 2 aliphatic heterocycles. The summed E-state index contributed by atoms with van der Waals surface area (Å²) >= 11 is 5.86. The minimum absolute atomic E-state index is 0.0323. The fraction of sp³-hybridized carbons (Fsp3) is 0.409. The number of ether oxygens (including phenoxy) is 1. The first-order chi connectivity index (χ1) is 16.0. The monoisotopic (exact) mass is 472 g/mol. The fourth-order valence-electron chi connectivity index (χ4n) is 4.29. The molecule has 1 atom stereocenters. The summed E-state index contributed by atoms with van der Waals surface area (Å²) < 4.78 is 25.7. The quantitative estimate of drug-likeness (QED) is 0.558. The van der Waals surface area contributed by atoms with Gasteiger partial charge in [0, 0.05) is 44.6 Å². The summed E-state index contributed by atoms with van der Waals surface area (Å²) in [6.07, 6.45) is 4.58. The van der Waals surface area contributed by atoms with E-state index in [-0.39, 0.29) is 23.6 Å². The van der Waals surface area contributed by atoms with Crippen LogP contribution in [0.4, 0.5) is 10.3 Å². The molecule has 172 valence electrons. The maximum Gasteiger partial charge on any atom is 0.263 e. The van der Waals surface area contributed by atoms with E-state index in [1.165, 1.54) is 12.1 Å². The second-order valence-electron chi connectivity index (χ2n) is 8.12. The molecule has 0 aliphatic carbocycles. The number of anilines is 1. The van der Waals surface area contributed by atoms with Gasteiger partial charge < -0.3 is 19.0 Å². The van der Waals surface area contributed by atoms with Gasteiger partial charge in [-0.3, -0.25) is 4.79 Å². The van der Waals surface area contributed by atoms with E-state index in [0.717, 1.165) is 25.9 Å². The van der Waals surface area contributed by atoms with Crippen LogP contribution >= 0.6 is 11.6 Å². The number of amides is 1. The lowest BCUT2D eigenvalue weighted by molar-refractivity contribution is -0.135. The first-order valence-corrected chi connectivity index (χ1v) is 11.2. The van der Waals surface area contributed by atoms with Crippen LogP contribution in [-0.4, -0.2) is 62.8 Å². The maximum absolute atomic E-state index is 14.6. The minimum Gasteiger partial charge on any atom is -0.477 e. The molecule has 33 heavy (non-hydrogen) atoms. The first kappa shape index (κ1) is 21.6. The molecule has 2 saturated heterocycles. The lowest BCUT2D eigenvalue weighted by Crippen LogP contribution is -2.47. The number of nitrogens with zero attached hydrogens (tertiary/aromatic N) is 6. The van der Waals surface area contributed by atoms with E-state index in [9.17, 15) is 9.18 Å². The zero-order valence-corrected chi connectivity index (χ0v) is 18.7. The third-order valence-corrected chi connectivity index (χ3v) is 6.15. The van der Waals surface area contributed by atoms with Crippen LogP contribution in [0, 0.1) is 12.7 Å². The van der Waals surface area contributed by atoms with Gasteiger partial charge in [-0.15, -0.1) is 10.2 Å². The molecule has 2 aliphatic rings. The van der Waals surface area contributed by atoms with Crippen molar-refractivity contribution in [1.29, 1.82) is 0 Å². The Morgan fingerprint density at radius 1 is 1.12 bits per heavy atom. The van der Waals surface area contributed by atoms with Crippen LogP contribution in [0.25, 0.3) is 11.5 Å². The molecule has 11 heteroatoms. The van der Waals surface area contributed by atoms with E-state index in [1.54, 1.807) is 25.4 Å². The van der Waals surface area contributed by atoms with Gasteiger partial charge >= 0.3 is 0 Å². The normalized spacial score (nSPS) is 19.4. The van der Waals surface area contributed by atoms with Crippen molar-refractivity contribution in [2.45, 2.75) is 38.3 Å². The highest BCUT2D eigenvalue weighted by Crippen LogP contribution is 2.29. The van der Waals surface area contributed by atoms with Crippen LogP contribution in [0.1, 0.15) is 25.2 Å². The molecular weight excluding hydrogens is 451 g/mol. The molecule has 0 bridgehead atoms. The second kappa shape index (κ2) is 8.93. The summed E-state index contributed by atoms with van der Waals surface area (Å²) in [5, 5.41) is 8.14. The van der Waals surface area contributed by atoms with Crippen LogP contribution in [0.15, 0.2) is 35.0 Å². The predicted molar refractivity (Wildman–Crippen MR) is 117 cm³/mol. The number of carbonyl (C=O) groups excluding carboxylic acids is 1. The Balaban J connectivity index is 1.19. The van der Waals surface area contributed by atoms with Crippen LogP contribution in [0.3, 0.4) is 0 Å². The van der Waals surface area contributed by atoms with Gasteiger partial charge in [0.15, 0.2) is 17.7 Å². The Morgan fingerprint density at radius 2 is 1.88 bits per heavy atom. The summed E-state index contributed by atoms with van der Waals surface area (Å²) in [6.45, 7) is 3.74. The molecule has 0 spiro atoms. The van der Waals surface area contributed by atoms with Crippen LogP contribution < -0.4 is 9.64 Å². The average Bonchev–Trinajstić information content (AvgIpc) is 3.41. The molecule has 1 amide bonds. The van der Waals surface area contributed by atoms with Crippen molar-refractivity contribution in [2.24, 2.45) is 0 Å². The first-order valence-electron chi connectivity index (χ1n) is 10.8. The van der Waals surface area contributed by atoms with Gasteiger partial charge in [-0.1, -0.05) is 11.6 Å². The SMILES string of the molecule is Cc1nnc(-c2ccc(O[C@H]3CCN(C4CCN(c5ncc(Cl)cn5)CC4)C3=O)c(F)c2)o1. The zero-order chi connectivity index (χ0) is 22.9. The highest BCUT2D eigenvalue weighted by atomic mass is 35.5. The van der Waals surface area contributed by atoms with Crippen LogP contribution in [0.2, 0.25) is 5.02 Å². The van der Waals surface area contributed by atoms with Crippen molar-refractivity contribution in [3.05, 3.63) is 47.3 Å². The number of halogens is 2. The Hall–Kier alpha value is -3.27. The number of carbonyl (C=O) groups is 1. The molecule has 5 rings (SSSR count). The van der Waals surface area contributed by atoms with Crippen LogP contribution in [-0.2, 0) is 4.79 Å². The molecule has 0 saturated carbocycles. The molecular formula is C22H22ClFN6O3. The van der Waals surface area contributed by atoms with Crippen molar-refractivity contribution in [3.63, 3.8) is 0 Å². The molecule has 3 aromatic rings. The molecule has 0 radical (unpaired) electrons. The van der Waals surface area contributed by atoms with E-state index >= 15 is 0 Å². The number of likely N-dealkylation sites (tertiary alicyclic amines) is 1. The summed E-state index contributed by atoms with van der Waals surface area (Å²) in [5.41, 5.74) is 0.455. The number of aryl methyl sites for hydroxylation is 1. The highest BCUT2D eigenvalue weighted by molar-refractivity contribution is 6.30. The topological polar surface area (TPSA) is 97.5 Å². The van der Waals surface area contributed by atoms with Gasteiger partial charge in [0.1, 0.15) is 0 Å². The zero-order valence-electron chi connectivity index (χ0n) is 17.9. The third kappa shape index (κ3) is 4.47. The number of hydrogen-bond donors (Lipinski definition) is 0. The van der Waals surface area contributed by atoms with Crippen LogP contribution in [0.5, 0.6) is 5.75 Å². The smallest absolute Gasteiger partial charge is 0.263 e. The van der Waals surface area contributed by atoms with Gasteiger partial charge in [0.05, 0.1) is 17.4 Å². The summed E-state index contributed by atoms with van der Waals surface area (Å²) in [5.74, 6) is 0.620. The summed E-state index contributed by atoms with van der Waals surface area (Å²) in [4.78, 5) is 25.5. The lowest BCUT2D eigenvalue weighted by Gasteiger charge is -2.36. The Kier molecular flexibility index (Phi) is 5.84. The Labute approximate surface area is 194 Å². The van der Waals surface area contributed by atoms with E-state index < -0.39 is 11.9 Å². The fourth-order valence-corrected chi connectivity index (χ4v) is 4.39. The molecule has 2 aromatic heterocycles. The van der Waals surface area contributed by atoms with Gasteiger partial charge in [0.2, 0.25) is 17.7 Å². The molecule has 1 aromatic carbocycles. The Morgan fingerprint density at radius 3 is 2.55 bits per heavy atom. The lowest BCUT2D eigenvalue weighted by atomic mass is 10.0. The minimum atomic E-state index is -0.700. The summed E-state index contributed by atoms with van der Waals surface area (Å²) in [7, 11) is 0. The van der Waals surface area contributed by atoms with Crippen molar-refractivity contribution < 1.29 is 18.3 Å². The van der Waals surface area contributed by atoms with E-state index in [4.69, 9.17) is 20.8 Å². The number of hydrogen-bond acceptors (Lipinski definition) is 8. The van der Waals surface area contributed by atoms with Crippen molar-refractivity contribution in [3.8, 4) is 17.2 Å². The number of rotatable bonds is 5. The molecule has 2 fully saturated rings. The maximum atomic E-state index is 14.6. The van der Waals surface area contributed by atoms with Gasteiger partial charge in [0.25, 0.3) is 5.91 Å². The summed E-state index contributed by atoms with van der Waals surface area (Å²) in [6, 6.07) is 4.51. The Bertz CT molecular complexity index is 1150. The van der Waals surface area contributed by atoms with Crippen molar-refractivity contribution in [1.82, 2.24) is 25.1 Å². The molecule has 0 N–H and O–H groups in total. The molecule has 9 nitrogen and oxygen atoms in total.